The summed E-state index contributed by atoms with van der Waals surface area (Å²) in [5, 5.41) is 0.459. The number of hydrogen-bond donors (Lipinski definition) is 0. The quantitative estimate of drug-likeness (QED) is 0.671. The SMILES string of the molecule is COc1ccccc1CN(C)C(=O)CN(Cc1ccccc1Cl)S(C)(=O)=O. The number of ether oxygens (including phenoxy) is 1. The second-order valence-electron chi connectivity index (χ2n) is 6.18. The van der Waals surface area contributed by atoms with Gasteiger partial charge in [-0.2, -0.15) is 4.31 Å². The molecule has 0 fully saturated rings. The minimum Gasteiger partial charge on any atom is -0.496 e. The normalized spacial score (nSPS) is 11.4. The number of nitrogens with zero attached hydrogens (tertiary/aromatic N) is 2. The molecule has 0 aromatic heterocycles. The first-order chi connectivity index (χ1) is 12.7. The Labute approximate surface area is 165 Å². The minimum atomic E-state index is -3.59. The number of hydrogen-bond acceptors (Lipinski definition) is 4. The number of methoxy groups -OCH3 is 1. The highest BCUT2D eigenvalue weighted by molar-refractivity contribution is 7.88. The molecule has 0 aliphatic rings. The van der Waals surface area contributed by atoms with Gasteiger partial charge in [0.25, 0.3) is 0 Å². The van der Waals surface area contributed by atoms with Crippen LogP contribution in [0.3, 0.4) is 0 Å². The molecule has 0 atom stereocenters. The molecule has 2 rings (SSSR count). The van der Waals surface area contributed by atoms with Crippen LogP contribution in [0.5, 0.6) is 5.75 Å². The Hall–Kier alpha value is -2.09. The van der Waals surface area contributed by atoms with Crippen LogP contribution in [0.4, 0.5) is 0 Å². The molecule has 146 valence electrons. The van der Waals surface area contributed by atoms with E-state index < -0.39 is 10.0 Å². The monoisotopic (exact) mass is 410 g/mol. The van der Waals surface area contributed by atoms with E-state index in [9.17, 15) is 13.2 Å². The van der Waals surface area contributed by atoms with Gasteiger partial charge in [-0.25, -0.2) is 8.42 Å². The molecular formula is C19H23ClN2O4S. The van der Waals surface area contributed by atoms with Gasteiger partial charge in [0.1, 0.15) is 5.75 Å². The second-order valence-corrected chi connectivity index (χ2v) is 8.57. The molecular weight excluding hydrogens is 388 g/mol. The van der Waals surface area contributed by atoms with Crippen LogP contribution >= 0.6 is 11.6 Å². The zero-order valence-electron chi connectivity index (χ0n) is 15.6. The van der Waals surface area contributed by atoms with Crippen LogP contribution in [0.2, 0.25) is 5.02 Å². The van der Waals surface area contributed by atoms with Crippen LogP contribution in [0.25, 0.3) is 0 Å². The molecule has 0 spiro atoms. The maximum atomic E-state index is 12.6. The van der Waals surface area contributed by atoms with Gasteiger partial charge < -0.3 is 9.64 Å². The Balaban J connectivity index is 2.12. The Morgan fingerprint density at radius 2 is 1.63 bits per heavy atom. The lowest BCUT2D eigenvalue weighted by molar-refractivity contribution is -0.130. The van der Waals surface area contributed by atoms with Crippen molar-refractivity contribution in [3.05, 3.63) is 64.7 Å². The molecule has 2 aromatic carbocycles. The van der Waals surface area contributed by atoms with E-state index in [-0.39, 0.29) is 19.0 Å². The van der Waals surface area contributed by atoms with E-state index >= 15 is 0 Å². The van der Waals surface area contributed by atoms with Gasteiger partial charge >= 0.3 is 0 Å². The van der Waals surface area contributed by atoms with E-state index in [0.29, 0.717) is 22.9 Å². The summed E-state index contributed by atoms with van der Waals surface area (Å²) in [6.45, 7) is 0.0784. The zero-order valence-corrected chi connectivity index (χ0v) is 17.1. The molecule has 0 N–H and O–H groups in total. The number of amides is 1. The van der Waals surface area contributed by atoms with E-state index in [0.717, 1.165) is 16.1 Å². The summed E-state index contributed by atoms with van der Waals surface area (Å²) < 4.78 is 30.7. The average molecular weight is 411 g/mol. The minimum absolute atomic E-state index is 0.0345. The van der Waals surface area contributed by atoms with E-state index in [2.05, 4.69) is 0 Å². The first-order valence-electron chi connectivity index (χ1n) is 8.26. The summed E-state index contributed by atoms with van der Waals surface area (Å²) in [5.41, 5.74) is 1.48. The van der Waals surface area contributed by atoms with Crippen LogP contribution in [-0.4, -0.2) is 50.5 Å². The molecule has 2 aromatic rings. The predicted molar refractivity (Wildman–Crippen MR) is 106 cm³/mol. The van der Waals surface area contributed by atoms with Crippen molar-refractivity contribution in [1.82, 2.24) is 9.21 Å². The number of benzene rings is 2. The largest absolute Gasteiger partial charge is 0.496 e. The van der Waals surface area contributed by atoms with Crippen LogP contribution in [0, 0.1) is 0 Å². The first kappa shape index (κ1) is 21.2. The highest BCUT2D eigenvalue weighted by atomic mass is 35.5. The lowest BCUT2D eigenvalue weighted by atomic mass is 10.2. The molecule has 6 nitrogen and oxygen atoms in total. The molecule has 0 radical (unpaired) electrons. The fraction of sp³-hybridized carbons (Fsp3) is 0.316. The number of likely N-dealkylation sites (N-methyl/N-ethyl adjacent to an activating group) is 1. The summed E-state index contributed by atoms with van der Waals surface area (Å²) in [5.74, 6) is 0.353. The molecule has 0 bridgehead atoms. The van der Waals surface area contributed by atoms with Crippen LogP contribution in [0.15, 0.2) is 48.5 Å². The topological polar surface area (TPSA) is 66.9 Å². The molecule has 0 heterocycles. The summed E-state index contributed by atoms with van der Waals surface area (Å²) in [7, 11) is -0.397. The molecule has 0 aliphatic heterocycles. The number of sulfonamides is 1. The summed E-state index contributed by atoms with van der Waals surface area (Å²) in [6, 6.07) is 14.3. The molecule has 0 saturated heterocycles. The molecule has 27 heavy (non-hydrogen) atoms. The Morgan fingerprint density at radius 3 is 2.22 bits per heavy atom. The maximum absolute atomic E-state index is 12.6. The number of halogens is 1. The Kier molecular flexibility index (Phi) is 7.24. The summed E-state index contributed by atoms with van der Waals surface area (Å²) >= 11 is 6.13. The third-order valence-electron chi connectivity index (χ3n) is 4.11. The van der Waals surface area contributed by atoms with Crippen molar-refractivity contribution in [2.75, 3.05) is 27.0 Å². The number of rotatable bonds is 8. The standard InChI is InChI=1S/C19H23ClN2O4S/c1-21(12-16-9-5-7-11-18(16)26-2)19(23)14-22(27(3,24)25)13-15-8-4-6-10-17(15)20/h4-11H,12-14H2,1-3H3. The molecule has 0 saturated carbocycles. The Morgan fingerprint density at radius 1 is 1.04 bits per heavy atom. The molecule has 8 heteroatoms. The van der Waals surface area contributed by atoms with Gasteiger partial charge in [-0.3, -0.25) is 4.79 Å². The van der Waals surface area contributed by atoms with Gasteiger partial charge in [0.15, 0.2) is 0 Å². The summed E-state index contributed by atoms with van der Waals surface area (Å²) in [4.78, 5) is 14.1. The van der Waals surface area contributed by atoms with Gasteiger partial charge in [-0.05, 0) is 17.7 Å². The van der Waals surface area contributed by atoms with Gasteiger partial charge in [0.2, 0.25) is 15.9 Å². The van der Waals surface area contributed by atoms with Crippen molar-refractivity contribution < 1.29 is 17.9 Å². The number of para-hydroxylation sites is 1. The van der Waals surface area contributed by atoms with E-state index in [1.165, 1.54) is 4.90 Å². The first-order valence-corrected chi connectivity index (χ1v) is 10.5. The fourth-order valence-corrected chi connectivity index (χ4v) is 3.47. The van der Waals surface area contributed by atoms with Crippen molar-refractivity contribution in [1.29, 1.82) is 0 Å². The lowest BCUT2D eigenvalue weighted by Crippen LogP contribution is -2.40. The van der Waals surface area contributed by atoms with E-state index in [1.54, 1.807) is 38.4 Å². The maximum Gasteiger partial charge on any atom is 0.237 e. The van der Waals surface area contributed by atoms with Gasteiger partial charge in [0.05, 0.1) is 19.9 Å². The van der Waals surface area contributed by atoms with Gasteiger partial charge in [0, 0.05) is 30.7 Å². The van der Waals surface area contributed by atoms with E-state index in [4.69, 9.17) is 16.3 Å². The molecule has 0 aliphatic carbocycles. The fourth-order valence-electron chi connectivity index (χ4n) is 2.56. The van der Waals surface area contributed by atoms with Crippen molar-refractivity contribution in [3.8, 4) is 5.75 Å². The van der Waals surface area contributed by atoms with Gasteiger partial charge in [-0.15, -0.1) is 0 Å². The number of carbonyl (C=O) groups is 1. The third-order valence-corrected chi connectivity index (χ3v) is 5.68. The zero-order chi connectivity index (χ0) is 20.0. The molecule has 0 unspecified atom stereocenters. The van der Waals surface area contributed by atoms with Crippen molar-refractivity contribution in [2.24, 2.45) is 0 Å². The highest BCUT2D eigenvalue weighted by Gasteiger charge is 2.23. The van der Waals surface area contributed by atoms with Crippen LogP contribution < -0.4 is 4.74 Å². The molecule has 1 amide bonds. The summed E-state index contributed by atoms with van der Waals surface area (Å²) in [6.07, 6.45) is 1.08. The van der Waals surface area contributed by atoms with Crippen LogP contribution in [-0.2, 0) is 27.9 Å². The third kappa shape index (κ3) is 5.95. The van der Waals surface area contributed by atoms with Crippen LogP contribution in [0.1, 0.15) is 11.1 Å². The van der Waals surface area contributed by atoms with Crippen molar-refractivity contribution in [3.63, 3.8) is 0 Å². The second kappa shape index (κ2) is 9.21. The van der Waals surface area contributed by atoms with E-state index in [1.807, 2.05) is 24.3 Å². The average Bonchev–Trinajstić information content (AvgIpc) is 2.62. The highest BCUT2D eigenvalue weighted by Crippen LogP contribution is 2.20. The Bertz CT molecular complexity index is 902. The van der Waals surface area contributed by atoms with Crippen molar-refractivity contribution >= 4 is 27.5 Å². The predicted octanol–water partition coefficient (Wildman–Crippen LogP) is 2.77. The number of carbonyl (C=O) groups excluding carboxylic acids is 1. The van der Waals surface area contributed by atoms with Gasteiger partial charge in [-0.1, -0.05) is 48.0 Å². The lowest BCUT2D eigenvalue weighted by Gasteiger charge is -2.24. The van der Waals surface area contributed by atoms with Crippen molar-refractivity contribution in [2.45, 2.75) is 13.1 Å². The smallest absolute Gasteiger partial charge is 0.237 e.